The number of ether oxygens (including phenoxy) is 1. The zero-order chi connectivity index (χ0) is 22.6. The van der Waals surface area contributed by atoms with Crippen molar-refractivity contribution >= 4 is 38.7 Å². The fourth-order valence-electron chi connectivity index (χ4n) is 4.46. The number of nitrogen functional groups attached to an aromatic ring is 1. The third-order valence-electron chi connectivity index (χ3n) is 6.07. The number of hydrogen-bond acceptors (Lipinski definition) is 6. The predicted octanol–water partition coefficient (Wildman–Crippen LogP) is 4.15. The first-order valence-corrected chi connectivity index (χ1v) is 11.0. The lowest BCUT2D eigenvalue weighted by Gasteiger charge is -2.14. The lowest BCUT2D eigenvalue weighted by molar-refractivity contribution is -0.125. The van der Waals surface area contributed by atoms with E-state index in [1.807, 2.05) is 12.1 Å². The average molecular weight is 452 g/mol. The SMILES string of the molecule is C=CC(=O)N1CCC(c2cc(-c3cc4c(F)c(C)cc(OC)c4s3)c3c(N)ncnn23)C1. The summed E-state index contributed by atoms with van der Waals surface area (Å²) >= 11 is 1.45. The highest BCUT2D eigenvalue weighted by Gasteiger charge is 2.30. The fraction of sp³-hybridized carbons (Fsp3) is 0.261. The lowest BCUT2D eigenvalue weighted by atomic mass is 10.0. The second-order valence-electron chi connectivity index (χ2n) is 7.93. The van der Waals surface area contributed by atoms with Gasteiger partial charge in [0.05, 0.1) is 11.8 Å². The van der Waals surface area contributed by atoms with Gasteiger partial charge in [-0.2, -0.15) is 5.10 Å². The predicted molar refractivity (Wildman–Crippen MR) is 124 cm³/mol. The van der Waals surface area contributed by atoms with Crippen LogP contribution in [0.1, 0.15) is 23.6 Å². The quantitative estimate of drug-likeness (QED) is 0.471. The van der Waals surface area contributed by atoms with Crippen molar-refractivity contribution < 1.29 is 13.9 Å². The van der Waals surface area contributed by atoms with Gasteiger partial charge in [0.1, 0.15) is 23.4 Å². The van der Waals surface area contributed by atoms with Crippen molar-refractivity contribution in [3.8, 4) is 16.2 Å². The van der Waals surface area contributed by atoms with Gasteiger partial charge in [0, 0.05) is 40.5 Å². The maximum Gasteiger partial charge on any atom is 0.245 e. The number of amides is 1. The van der Waals surface area contributed by atoms with Crippen LogP contribution in [0.5, 0.6) is 5.75 Å². The van der Waals surface area contributed by atoms with Gasteiger partial charge < -0.3 is 15.4 Å². The fourth-order valence-corrected chi connectivity index (χ4v) is 5.62. The summed E-state index contributed by atoms with van der Waals surface area (Å²) in [5.74, 6) is 0.741. The number of hydrogen-bond donors (Lipinski definition) is 1. The number of carbonyl (C=O) groups excluding carboxylic acids is 1. The Morgan fingerprint density at radius 3 is 2.97 bits per heavy atom. The monoisotopic (exact) mass is 451 g/mol. The Labute approximate surface area is 187 Å². The Kier molecular flexibility index (Phi) is 4.85. The third kappa shape index (κ3) is 3.03. The molecule has 9 heteroatoms. The van der Waals surface area contributed by atoms with Crippen LogP contribution in [0, 0.1) is 12.7 Å². The molecule has 0 aliphatic carbocycles. The minimum Gasteiger partial charge on any atom is -0.495 e. The molecule has 32 heavy (non-hydrogen) atoms. The average Bonchev–Trinajstić information content (AvgIpc) is 3.52. The first kappa shape index (κ1) is 20.4. The molecule has 3 aromatic heterocycles. The minimum atomic E-state index is -0.259. The van der Waals surface area contributed by atoms with Crippen molar-refractivity contribution in [2.75, 3.05) is 25.9 Å². The third-order valence-corrected chi connectivity index (χ3v) is 7.26. The highest BCUT2D eigenvalue weighted by Crippen LogP contribution is 2.44. The van der Waals surface area contributed by atoms with Crippen molar-refractivity contribution in [2.45, 2.75) is 19.3 Å². The molecule has 1 aliphatic heterocycles. The normalized spacial score (nSPS) is 16.2. The summed E-state index contributed by atoms with van der Waals surface area (Å²) in [6.45, 7) is 6.54. The molecular weight excluding hydrogens is 429 g/mol. The van der Waals surface area contributed by atoms with E-state index in [9.17, 15) is 9.18 Å². The molecule has 5 rings (SSSR count). The highest BCUT2D eigenvalue weighted by atomic mass is 32.1. The number of fused-ring (bicyclic) bond motifs is 2. The molecule has 4 aromatic rings. The molecule has 1 atom stereocenters. The van der Waals surface area contributed by atoms with E-state index in [4.69, 9.17) is 10.5 Å². The van der Waals surface area contributed by atoms with E-state index in [1.165, 1.54) is 23.7 Å². The second-order valence-corrected chi connectivity index (χ2v) is 8.98. The van der Waals surface area contributed by atoms with Gasteiger partial charge >= 0.3 is 0 Å². The molecule has 1 aromatic carbocycles. The summed E-state index contributed by atoms with van der Waals surface area (Å²) in [4.78, 5) is 18.9. The zero-order valence-corrected chi connectivity index (χ0v) is 18.6. The number of benzene rings is 1. The number of thiophene rings is 1. The van der Waals surface area contributed by atoms with E-state index in [1.54, 1.807) is 29.5 Å². The standard InChI is InChI=1S/C23H22FN5O2S/c1-4-19(30)28-6-5-13(10-28)16-8-14(21-23(25)26-11-27-29(16)21)18-9-15-20(24)12(2)7-17(31-3)22(15)32-18/h4,7-9,11,13H,1,5-6,10H2,2-3H3,(H2,25,26,27). The number of rotatable bonds is 4. The molecule has 164 valence electrons. The van der Waals surface area contributed by atoms with Crippen LogP contribution in [0.4, 0.5) is 10.2 Å². The Morgan fingerprint density at radius 1 is 1.41 bits per heavy atom. The minimum absolute atomic E-state index is 0.0785. The van der Waals surface area contributed by atoms with Crippen LogP contribution in [-0.2, 0) is 4.79 Å². The lowest BCUT2D eigenvalue weighted by Crippen LogP contribution is -2.26. The number of nitrogens with two attached hydrogens (primary N) is 1. The van der Waals surface area contributed by atoms with Crippen molar-refractivity contribution in [3.63, 3.8) is 0 Å². The van der Waals surface area contributed by atoms with Crippen molar-refractivity contribution in [1.29, 1.82) is 0 Å². The van der Waals surface area contributed by atoms with Crippen molar-refractivity contribution in [1.82, 2.24) is 19.5 Å². The Balaban J connectivity index is 1.69. The van der Waals surface area contributed by atoms with Gasteiger partial charge in [-0.25, -0.2) is 13.9 Å². The molecule has 0 spiro atoms. The molecule has 0 bridgehead atoms. The van der Waals surface area contributed by atoms with E-state index in [0.29, 0.717) is 41.1 Å². The van der Waals surface area contributed by atoms with Gasteiger partial charge in [0.2, 0.25) is 5.91 Å². The summed E-state index contributed by atoms with van der Waals surface area (Å²) in [5, 5.41) is 4.97. The number of carbonyl (C=O) groups is 1. The van der Waals surface area contributed by atoms with Crippen LogP contribution in [0.3, 0.4) is 0 Å². The first-order valence-electron chi connectivity index (χ1n) is 10.2. The van der Waals surface area contributed by atoms with Gasteiger partial charge in [0.25, 0.3) is 0 Å². The van der Waals surface area contributed by atoms with Crippen LogP contribution in [0.15, 0.2) is 37.2 Å². The molecule has 0 radical (unpaired) electrons. The number of halogens is 1. The number of aryl methyl sites for hydroxylation is 1. The van der Waals surface area contributed by atoms with Gasteiger partial charge in [-0.3, -0.25) is 4.79 Å². The number of likely N-dealkylation sites (tertiary alicyclic amines) is 1. The molecule has 1 amide bonds. The molecule has 2 N–H and O–H groups in total. The Morgan fingerprint density at radius 2 is 2.22 bits per heavy atom. The molecule has 1 fully saturated rings. The van der Waals surface area contributed by atoms with Gasteiger partial charge in [-0.05, 0) is 43.2 Å². The van der Waals surface area contributed by atoms with E-state index >= 15 is 0 Å². The number of methoxy groups -OCH3 is 1. The maximum absolute atomic E-state index is 14.9. The number of anilines is 1. The first-order chi connectivity index (χ1) is 15.4. The summed E-state index contributed by atoms with van der Waals surface area (Å²) in [5.41, 5.74) is 9.26. The summed E-state index contributed by atoms with van der Waals surface area (Å²) in [7, 11) is 1.58. The molecule has 7 nitrogen and oxygen atoms in total. The summed E-state index contributed by atoms with van der Waals surface area (Å²) < 4.78 is 22.9. The number of nitrogens with zero attached hydrogens (tertiary/aromatic N) is 4. The van der Waals surface area contributed by atoms with E-state index in [-0.39, 0.29) is 17.6 Å². The van der Waals surface area contributed by atoms with Crippen LogP contribution in [0.25, 0.3) is 26.0 Å². The molecule has 4 heterocycles. The van der Waals surface area contributed by atoms with E-state index in [0.717, 1.165) is 27.3 Å². The van der Waals surface area contributed by atoms with Crippen molar-refractivity contribution in [3.05, 3.63) is 54.3 Å². The van der Waals surface area contributed by atoms with Gasteiger partial charge in [0.15, 0.2) is 5.82 Å². The Hall–Kier alpha value is -3.46. The topological polar surface area (TPSA) is 85.8 Å². The zero-order valence-electron chi connectivity index (χ0n) is 17.8. The second kappa shape index (κ2) is 7.59. The highest BCUT2D eigenvalue weighted by molar-refractivity contribution is 7.22. The van der Waals surface area contributed by atoms with Crippen molar-refractivity contribution in [2.24, 2.45) is 0 Å². The number of aromatic nitrogens is 3. The van der Waals surface area contributed by atoms with Gasteiger partial charge in [-0.15, -0.1) is 11.3 Å². The summed E-state index contributed by atoms with van der Waals surface area (Å²) in [6, 6.07) is 5.58. The maximum atomic E-state index is 14.9. The van der Waals surface area contributed by atoms with Gasteiger partial charge in [-0.1, -0.05) is 6.58 Å². The van der Waals surface area contributed by atoms with E-state index < -0.39 is 0 Å². The Bertz CT molecular complexity index is 1390. The summed E-state index contributed by atoms with van der Waals surface area (Å²) in [6.07, 6.45) is 3.57. The largest absolute Gasteiger partial charge is 0.495 e. The van der Waals surface area contributed by atoms with Crippen LogP contribution < -0.4 is 10.5 Å². The molecule has 0 saturated carbocycles. The van der Waals surface area contributed by atoms with Crippen LogP contribution in [-0.4, -0.2) is 45.6 Å². The molecule has 1 aliphatic rings. The molecule has 1 saturated heterocycles. The molecule has 1 unspecified atom stereocenters. The molecular formula is C23H22FN5O2S. The van der Waals surface area contributed by atoms with E-state index in [2.05, 4.69) is 16.7 Å². The smallest absolute Gasteiger partial charge is 0.245 e. The van der Waals surface area contributed by atoms with Crippen LogP contribution in [0.2, 0.25) is 0 Å². The van der Waals surface area contributed by atoms with Crippen LogP contribution >= 0.6 is 11.3 Å².